The van der Waals surface area contributed by atoms with Crippen LogP contribution in [-0.4, -0.2) is 5.11 Å². The van der Waals surface area contributed by atoms with Crippen LogP contribution in [0.1, 0.15) is 24.5 Å². The molecule has 0 radical (unpaired) electrons. The number of aliphatic hydroxyl groups is 1. The Hall–Kier alpha value is -0.610. The van der Waals surface area contributed by atoms with E-state index >= 15 is 0 Å². The fourth-order valence-electron chi connectivity index (χ4n) is 1.89. The third-order valence-corrected chi connectivity index (χ3v) is 4.41. The smallest absolute Gasteiger partial charge is 0.142 e. The summed E-state index contributed by atoms with van der Waals surface area (Å²) in [4.78, 5) is 0. The van der Waals surface area contributed by atoms with Crippen molar-refractivity contribution in [2.75, 3.05) is 0 Å². The molecule has 5 heteroatoms. The van der Waals surface area contributed by atoms with Crippen LogP contribution in [0.25, 0.3) is 0 Å². The molecule has 0 aliphatic carbocycles. The summed E-state index contributed by atoms with van der Waals surface area (Å²) < 4.78 is 13.5. The van der Waals surface area contributed by atoms with Gasteiger partial charge in [-0.15, -0.1) is 0 Å². The largest absolute Gasteiger partial charge is 0.385 e. The molecule has 1 unspecified atom stereocenters. The van der Waals surface area contributed by atoms with E-state index in [1.165, 1.54) is 12.1 Å². The van der Waals surface area contributed by atoms with Gasteiger partial charge >= 0.3 is 0 Å². The molecular formula is C14H13Cl2FOS. The minimum atomic E-state index is -1.19. The second-order valence-electron chi connectivity index (χ2n) is 4.65. The first kappa shape index (κ1) is 14.8. The Morgan fingerprint density at radius 3 is 2.68 bits per heavy atom. The lowest BCUT2D eigenvalue weighted by Crippen LogP contribution is -2.22. The van der Waals surface area contributed by atoms with E-state index in [0.717, 1.165) is 5.56 Å². The standard InChI is InChI=1S/C14H13Cl2FOS/c1-14(18,4-2-9-3-5-19-8-9)10-6-13(17)12(16)7-11(10)15/h3,5-8,18H,2,4H2,1H3. The lowest BCUT2D eigenvalue weighted by molar-refractivity contribution is 0.0479. The summed E-state index contributed by atoms with van der Waals surface area (Å²) in [5.41, 5.74) is 0.326. The fourth-order valence-corrected chi connectivity index (χ4v) is 3.18. The van der Waals surface area contributed by atoms with E-state index in [-0.39, 0.29) is 10.0 Å². The summed E-state index contributed by atoms with van der Waals surface area (Å²) >= 11 is 13.3. The van der Waals surface area contributed by atoms with Gasteiger partial charge in [-0.05, 0) is 54.3 Å². The fraction of sp³-hybridized carbons (Fsp3) is 0.286. The van der Waals surface area contributed by atoms with Crippen molar-refractivity contribution >= 4 is 34.5 Å². The normalized spacial score (nSPS) is 14.4. The Morgan fingerprint density at radius 2 is 2.05 bits per heavy atom. The summed E-state index contributed by atoms with van der Waals surface area (Å²) in [5.74, 6) is -0.572. The van der Waals surface area contributed by atoms with Crippen LogP contribution in [-0.2, 0) is 12.0 Å². The first-order valence-electron chi connectivity index (χ1n) is 5.78. The van der Waals surface area contributed by atoms with Gasteiger partial charge in [-0.2, -0.15) is 11.3 Å². The highest BCUT2D eigenvalue weighted by Gasteiger charge is 2.27. The Bertz CT molecular complexity index is 567. The van der Waals surface area contributed by atoms with Gasteiger partial charge in [0.05, 0.1) is 10.6 Å². The summed E-state index contributed by atoms with van der Waals surface area (Å²) in [6, 6.07) is 4.54. The molecule has 2 aromatic rings. The summed E-state index contributed by atoms with van der Waals surface area (Å²) in [6.45, 7) is 1.63. The second-order valence-corrected chi connectivity index (χ2v) is 6.25. The van der Waals surface area contributed by atoms with Gasteiger partial charge in [-0.1, -0.05) is 23.2 Å². The first-order valence-corrected chi connectivity index (χ1v) is 7.48. The Kier molecular flexibility index (Phi) is 4.51. The number of hydrogen-bond donors (Lipinski definition) is 1. The molecular weight excluding hydrogens is 306 g/mol. The van der Waals surface area contributed by atoms with Crippen molar-refractivity contribution in [1.29, 1.82) is 0 Å². The van der Waals surface area contributed by atoms with E-state index in [1.54, 1.807) is 18.3 Å². The van der Waals surface area contributed by atoms with Gasteiger partial charge in [0.25, 0.3) is 0 Å². The van der Waals surface area contributed by atoms with Gasteiger partial charge in [0, 0.05) is 10.6 Å². The molecule has 1 aromatic carbocycles. The van der Waals surface area contributed by atoms with E-state index in [9.17, 15) is 9.50 Å². The average Bonchev–Trinajstić information content (AvgIpc) is 2.84. The number of thiophene rings is 1. The number of hydrogen-bond acceptors (Lipinski definition) is 2. The number of benzene rings is 1. The van der Waals surface area contributed by atoms with Crippen molar-refractivity contribution < 1.29 is 9.50 Å². The maximum absolute atomic E-state index is 13.5. The van der Waals surface area contributed by atoms with Crippen LogP contribution < -0.4 is 0 Å². The molecule has 1 atom stereocenters. The lowest BCUT2D eigenvalue weighted by Gasteiger charge is -2.25. The zero-order chi connectivity index (χ0) is 14.0. The summed E-state index contributed by atoms with van der Waals surface area (Å²) in [7, 11) is 0. The molecule has 2 rings (SSSR count). The zero-order valence-corrected chi connectivity index (χ0v) is 12.6. The third-order valence-electron chi connectivity index (χ3n) is 3.07. The van der Waals surface area contributed by atoms with Gasteiger partial charge in [-0.3, -0.25) is 0 Å². The number of rotatable bonds is 4. The molecule has 0 aliphatic rings. The third kappa shape index (κ3) is 3.48. The maximum Gasteiger partial charge on any atom is 0.142 e. The van der Waals surface area contributed by atoms with E-state index < -0.39 is 11.4 Å². The topological polar surface area (TPSA) is 20.2 Å². The van der Waals surface area contributed by atoms with Crippen molar-refractivity contribution in [3.63, 3.8) is 0 Å². The monoisotopic (exact) mass is 318 g/mol. The molecule has 1 aromatic heterocycles. The van der Waals surface area contributed by atoms with Crippen LogP contribution in [0.2, 0.25) is 10.0 Å². The van der Waals surface area contributed by atoms with Gasteiger partial charge in [0.2, 0.25) is 0 Å². The second kappa shape index (κ2) is 5.80. The van der Waals surface area contributed by atoms with E-state index in [0.29, 0.717) is 18.4 Å². The molecule has 0 spiro atoms. The Balaban J connectivity index is 2.21. The molecule has 0 saturated carbocycles. The molecule has 102 valence electrons. The molecule has 1 nitrogen and oxygen atoms in total. The summed E-state index contributed by atoms with van der Waals surface area (Å²) in [5, 5.41) is 14.7. The van der Waals surface area contributed by atoms with Crippen LogP contribution >= 0.6 is 34.5 Å². The van der Waals surface area contributed by atoms with Gasteiger partial charge in [0.1, 0.15) is 5.82 Å². The average molecular weight is 319 g/mol. The Labute approximate surface area is 125 Å². The van der Waals surface area contributed by atoms with Gasteiger partial charge in [0.15, 0.2) is 0 Å². The van der Waals surface area contributed by atoms with Crippen molar-refractivity contribution in [2.45, 2.75) is 25.4 Å². The van der Waals surface area contributed by atoms with Crippen LogP contribution in [0.3, 0.4) is 0 Å². The molecule has 0 saturated heterocycles. The van der Waals surface area contributed by atoms with Crippen LogP contribution in [0.5, 0.6) is 0 Å². The molecule has 19 heavy (non-hydrogen) atoms. The van der Waals surface area contributed by atoms with E-state index in [2.05, 4.69) is 0 Å². The molecule has 0 amide bonds. The van der Waals surface area contributed by atoms with Gasteiger partial charge < -0.3 is 5.11 Å². The van der Waals surface area contributed by atoms with Crippen molar-refractivity contribution in [2.24, 2.45) is 0 Å². The molecule has 1 heterocycles. The van der Waals surface area contributed by atoms with Gasteiger partial charge in [-0.25, -0.2) is 4.39 Å². The van der Waals surface area contributed by atoms with E-state index in [1.807, 2.05) is 16.8 Å². The van der Waals surface area contributed by atoms with Crippen LogP contribution in [0.4, 0.5) is 4.39 Å². The SMILES string of the molecule is CC(O)(CCc1ccsc1)c1cc(F)c(Cl)cc1Cl. The lowest BCUT2D eigenvalue weighted by atomic mass is 9.90. The minimum Gasteiger partial charge on any atom is -0.385 e. The minimum absolute atomic E-state index is 0.0395. The molecule has 1 N–H and O–H groups in total. The van der Waals surface area contributed by atoms with Crippen molar-refractivity contribution in [3.05, 3.63) is 55.9 Å². The predicted octanol–water partition coefficient (Wildman–Crippen LogP) is 5.03. The highest BCUT2D eigenvalue weighted by Crippen LogP contribution is 2.35. The summed E-state index contributed by atoms with van der Waals surface area (Å²) in [6.07, 6.45) is 1.17. The predicted molar refractivity (Wildman–Crippen MR) is 78.6 cm³/mol. The van der Waals surface area contributed by atoms with Crippen LogP contribution in [0, 0.1) is 5.82 Å². The van der Waals surface area contributed by atoms with Crippen molar-refractivity contribution in [3.8, 4) is 0 Å². The molecule has 0 fully saturated rings. The van der Waals surface area contributed by atoms with Crippen molar-refractivity contribution in [1.82, 2.24) is 0 Å². The van der Waals surface area contributed by atoms with E-state index in [4.69, 9.17) is 23.2 Å². The first-order chi connectivity index (χ1) is 8.90. The quantitative estimate of drug-likeness (QED) is 0.783. The number of aryl methyl sites for hydroxylation is 1. The maximum atomic E-state index is 13.5. The highest BCUT2D eigenvalue weighted by molar-refractivity contribution is 7.07. The highest BCUT2D eigenvalue weighted by atomic mass is 35.5. The van der Waals surface area contributed by atoms with Crippen LogP contribution in [0.15, 0.2) is 29.0 Å². The molecule has 0 bridgehead atoms. The number of halogens is 3. The Morgan fingerprint density at radius 1 is 1.32 bits per heavy atom. The molecule has 0 aliphatic heterocycles. The zero-order valence-electron chi connectivity index (χ0n) is 10.3.